The van der Waals surface area contributed by atoms with Gasteiger partial charge >= 0.3 is 0 Å². The first-order valence-electron chi connectivity index (χ1n) is 9.31. The standard InChI is InChI=1S/C24H17NO5/c1-28-15-7-3-13(4-8-15)21-17-12-20-18(11-19(17)25-23(21)26)22(24(27)30-20)14-5-9-16(29-2)10-6-14/h3-12,27H,1-2H3. The largest absolute Gasteiger partial charge is 0.497 e. The number of carbonyl (C=O) groups excluding carboxylic acids is 1. The van der Waals surface area contributed by atoms with E-state index in [2.05, 4.69) is 4.99 Å². The number of benzene rings is 3. The molecule has 1 aromatic heterocycles. The van der Waals surface area contributed by atoms with E-state index in [0.717, 1.165) is 11.1 Å². The van der Waals surface area contributed by atoms with Gasteiger partial charge in [-0.3, -0.25) is 4.79 Å². The normalized spacial score (nSPS) is 12.7. The van der Waals surface area contributed by atoms with Crippen molar-refractivity contribution in [2.24, 2.45) is 4.99 Å². The molecule has 6 heteroatoms. The third-order valence-corrected chi connectivity index (χ3v) is 5.25. The predicted octanol–water partition coefficient (Wildman–Crippen LogP) is 3.18. The molecule has 0 atom stereocenters. The van der Waals surface area contributed by atoms with Crippen LogP contribution in [0, 0.1) is 0 Å². The molecule has 4 aromatic rings. The van der Waals surface area contributed by atoms with Gasteiger partial charge in [0.2, 0.25) is 0 Å². The fourth-order valence-corrected chi connectivity index (χ4v) is 3.77. The third-order valence-electron chi connectivity index (χ3n) is 5.25. The lowest BCUT2D eigenvalue weighted by Gasteiger charge is -2.03. The molecule has 0 radical (unpaired) electrons. The number of carbonyl (C=O) groups is 1. The summed E-state index contributed by atoms with van der Waals surface area (Å²) in [7, 11) is 3.19. The number of amides is 1. The minimum Gasteiger partial charge on any atom is -0.497 e. The smallest absolute Gasteiger partial charge is 0.291 e. The van der Waals surface area contributed by atoms with Crippen molar-refractivity contribution in [2.75, 3.05) is 14.2 Å². The Bertz CT molecular complexity index is 1410. The van der Waals surface area contributed by atoms with Crippen molar-refractivity contribution in [3.05, 3.63) is 76.8 Å². The van der Waals surface area contributed by atoms with Crippen molar-refractivity contribution in [2.45, 2.75) is 0 Å². The molecule has 0 aliphatic carbocycles. The van der Waals surface area contributed by atoms with E-state index in [1.165, 1.54) is 0 Å². The van der Waals surface area contributed by atoms with Crippen molar-refractivity contribution in [3.63, 3.8) is 0 Å². The van der Waals surface area contributed by atoms with E-state index < -0.39 is 0 Å². The summed E-state index contributed by atoms with van der Waals surface area (Å²) in [5.74, 6) is 0.929. The summed E-state index contributed by atoms with van der Waals surface area (Å²) in [5.41, 5.74) is 3.05. The van der Waals surface area contributed by atoms with Crippen LogP contribution in [-0.2, 0) is 4.79 Å². The van der Waals surface area contributed by atoms with Crippen LogP contribution < -0.4 is 20.0 Å². The molecular formula is C24H17NO5. The maximum Gasteiger partial charge on any atom is 0.291 e. The lowest BCUT2D eigenvalue weighted by molar-refractivity contribution is -0.112. The lowest BCUT2D eigenvalue weighted by Crippen LogP contribution is -2.23. The number of rotatable bonds is 4. The van der Waals surface area contributed by atoms with Crippen molar-refractivity contribution >= 4 is 22.4 Å². The molecule has 6 nitrogen and oxygen atoms in total. The molecule has 2 heterocycles. The van der Waals surface area contributed by atoms with Crippen LogP contribution in [0.2, 0.25) is 0 Å². The summed E-state index contributed by atoms with van der Waals surface area (Å²) in [5, 5.41) is 12.4. The average Bonchev–Trinajstić information content (AvgIpc) is 3.26. The van der Waals surface area contributed by atoms with E-state index >= 15 is 0 Å². The van der Waals surface area contributed by atoms with Gasteiger partial charge in [-0.2, -0.15) is 0 Å². The molecule has 0 fully saturated rings. The van der Waals surface area contributed by atoms with E-state index in [-0.39, 0.29) is 11.9 Å². The van der Waals surface area contributed by atoms with Crippen molar-refractivity contribution in [1.82, 2.24) is 0 Å². The summed E-state index contributed by atoms with van der Waals surface area (Å²) >= 11 is 0. The summed E-state index contributed by atoms with van der Waals surface area (Å²) in [6.07, 6.45) is 0. The van der Waals surface area contributed by atoms with Crippen molar-refractivity contribution in [3.8, 4) is 28.6 Å². The summed E-state index contributed by atoms with van der Waals surface area (Å²) < 4.78 is 16.0. The Hall–Kier alpha value is -4.06. The number of hydrogen-bond acceptors (Lipinski definition) is 5. The Labute approximate surface area is 171 Å². The third kappa shape index (κ3) is 2.73. The minimum atomic E-state index is -0.307. The number of methoxy groups -OCH3 is 2. The van der Waals surface area contributed by atoms with Gasteiger partial charge in [-0.05, 0) is 47.5 Å². The Balaban J connectivity index is 1.72. The minimum absolute atomic E-state index is 0.184. The monoisotopic (exact) mass is 399 g/mol. The SMILES string of the molecule is COc1ccc(C2=c3cc4oc(O)c(-c5ccc(OC)cc5)c4cc3=NC2=O)cc1. The van der Waals surface area contributed by atoms with Crippen LogP contribution >= 0.6 is 0 Å². The van der Waals surface area contributed by atoms with E-state index in [1.54, 1.807) is 38.5 Å². The Morgan fingerprint density at radius 3 is 2.07 bits per heavy atom. The zero-order chi connectivity index (χ0) is 20.8. The van der Waals surface area contributed by atoms with Crippen LogP contribution in [0.15, 0.2) is 70.1 Å². The molecule has 1 N–H and O–H groups in total. The summed E-state index contributed by atoms with van der Waals surface area (Å²) in [6, 6.07) is 18.1. The van der Waals surface area contributed by atoms with Crippen LogP contribution in [0.25, 0.3) is 27.7 Å². The van der Waals surface area contributed by atoms with Gasteiger partial charge < -0.3 is 19.0 Å². The van der Waals surface area contributed by atoms with Gasteiger partial charge in [0.05, 0.1) is 30.7 Å². The molecule has 0 bridgehead atoms. The maximum absolute atomic E-state index is 12.7. The number of fused-ring (bicyclic) bond motifs is 2. The second-order valence-electron chi connectivity index (χ2n) is 6.90. The zero-order valence-corrected chi connectivity index (χ0v) is 16.3. The van der Waals surface area contributed by atoms with Crippen LogP contribution in [0.5, 0.6) is 17.4 Å². The fraction of sp³-hybridized carbons (Fsp3) is 0.0833. The van der Waals surface area contributed by atoms with E-state index in [9.17, 15) is 9.90 Å². The number of furan rings is 1. The van der Waals surface area contributed by atoms with Gasteiger partial charge in [-0.15, -0.1) is 0 Å². The van der Waals surface area contributed by atoms with Crippen molar-refractivity contribution < 1.29 is 23.8 Å². The lowest BCUT2D eigenvalue weighted by atomic mass is 10.0. The predicted molar refractivity (Wildman–Crippen MR) is 111 cm³/mol. The molecule has 5 rings (SSSR count). The number of nitrogens with zero attached hydrogens (tertiary/aromatic N) is 1. The highest BCUT2D eigenvalue weighted by Crippen LogP contribution is 2.39. The van der Waals surface area contributed by atoms with Gasteiger partial charge in [0.25, 0.3) is 11.9 Å². The zero-order valence-electron chi connectivity index (χ0n) is 16.3. The molecule has 3 aromatic carbocycles. The molecule has 0 saturated heterocycles. The number of aromatic hydroxyl groups is 1. The second-order valence-corrected chi connectivity index (χ2v) is 6.90. The van der Waals surface area contributed by atoms with E-state index in [1.807, 2.05) is 36.4 Å². The Morgan fingerprint density at radius 2 is 1.47 bits per heavy atom. The van der Waals surface area contributed by atoms with Crippen LogP contribution in [-0.4, -0.2) is 25.2 Å². The molecule has 30 heavy (non-hydrogen) atoms. The van der Waals surface area contributed by atoms with Gasteiger partial charge in [0, 0.05) is 10.6 Å². The van der Waals surface area contributed by atoms with Crippen LogP contribution in [0.1, 0.15) is 5.56 Å². The highest BCUT2D eigenvalue weighted by molar-refractivity contribution is 6.21. The molecule has 0 spiro atoms. The molecule has 0 unspecified atom stereocenters. The maximum atomic E-state index is 12.7. The van der Waals surface area contributed by atoms with E-state index in [0.29, 0.717) is 44.2 Å². The van der Waals surface area contributed by atoms with Crippen molar-refractivity contribution in [1.29, 1.82) is 0 Å². The summed E-state index contributed by atoms with van der Waals surface area (Å²) in [4.78, 5) is 16.9. The number of ether oxygens (including phenoxy) is 2. The number of hydrogen-bond donors (Lipinski definition) is 1. The molecular weight excluding hydrogens is 382 g/mol. The highest BCUT2D eigenvalue weighted by atomic mass is 16.5. The highest BCUT2D eigenvalue weighted by Gasteiger charge is 2.22. The molecule has 1 aliphatic heterocycles. The quantitative estimate of drug-likeness (QED) is 0.570. The molecule has 1 amide bonds. The Morgan fingerprint density at radius 1 is 0.867 bits per heavy atom. The van der Waals surface area contributed by atoms with Gasteiger partial charge in [0.15, 0.2) is 0 Å². The van der Waals surface area contributed by atoms with Gasteiger partial charge in [-0.25, -0.2) is 4.99 Å². The molecule has 0 saturated carbocycles. The average molecular weight is 399 g/mol. The topological polar surface area (TPSA) is 81.3 Å². The van der Waals surface area contributed by atoms with Gasteiger partial charge in [-0.1, -0.05) is 24.3 Å². The fourth-order valence-electron chi connectivity index (χ4n) is 3.77. The second kappa shape index (κ2) is 6.77. The first-order chi connectivity index (χ1) is 14.6. The first kappa shape index (κ1) is 18.0. The molecule has 1 aliphatic rings. The van der Waals surface area contributed by atoms with Gasteiger partial charge in [0.1, 0.15) is 17.1 Å². The van der Waals surface area contributed by atoms with Crippen LogP contribution in [0.4, 0.5) is 0 Å². The molecule has 148 valence electrons. The summed E-state index contributed by atoms with van der Waals surface area (Å²) in [6.45, 7) is 0. The van der Waals surface area contributed by atoms with E-state index in [4.69, 9.17) is 13.9 Å². The first-order valence-corrected chi connectivity index (χ1v) is 9.31. The Kier molecular flexibility index (Phi) is 4.06. The van der Waals surface area contributed by atoms with Crippen LogP contribution in [0.3, 0.4) is 0 Å².